The molecule has 0 aliphatic rings. The van der Waals surface area contributed by atoms with Crippen molar-refractivity contribution in [2.75, 3.05) is 6.61 Å². The molecule has 0 aromatic heterocycles. The highest BCUT2D eigenvalue weighted by Gasteiger charge is 1.93. The second-order valence-corrected chi connectivity index (χ2v) is 2.30. The number of carbonyl (C=O) groups excluding carboxylic acids is 1. The molecule has 1 rings (SSSR count). The zero-order chi connectivity index (χ0) is 8.81. The summed E-state index contributed by atoms with van der Waals surface area (Å²) in [5.41, 5.74) is 0.897. The summed E-state index contributed by atoms with van der Waals surface area (Å²) in [6, 6.07) is 7.39. The molecule has 0 unspecified atom stereocenters. The lowest BCUT2D eigenvalue weighted by atomic mass is 10.2. The van der Waals surface area contributed by atoms with Gasteiger partial charge in [0.2, 0.25) is 0 Å². The fraction of sp³-hybridized carbons (Fsp3) is 0.200. The Balaban J connectivity index is 2.64. The molecule has 1 aromatic rings. The van der Waals surface area contributed by atoms with Crippen LogP contribution in [0.5, 0.6) is 5.75 Å². The van der Waals surface area contributed by atoms with Crippen LogP contribution >= 0.6 is 0 Å². The van der Waals surface area contributed by atoms with Gasteiger partial charge in [-0.2, -0.15) is 0 Å². The molecule has 12 heavy (non-hydrogen) atoms. The van der Waals surface area contributed by atoms with Crippen LogP contribution in [0.2, 0.25) is 0 Å². The van der Waals surface area contributed by atoms with Crippen LogP contribution in [0.25, 0.3) is 0 Å². The number of benzene rings is 1. The molecule has 2 heteroatoms. The van der Waals surface area contributed by atoms with Crippen molar-refractivity contribution in [3.05, 3.63) is 36.2 Å². The first-order valence-corrected chi connectivity index (χ1v) is 3.88. The number of hydrogen-bond acceptors (Lipinski definition) is 2. The van der Waals surface area contributed by atoms with Gasteiger partial charge in [-0.3, -0.25) is 0 Å². The molecule has 0 saturated carbocycles. The average molecular weight is 163 g/mol. The number of rotatable bonds is 4. The first-order valence-electron chi connectivity index (χ1n) is 3.88. The molecule has 1 radical (unpaired) electrons. The van der Waals surface area contributed by atoms with Gasteiger partial charge in [0.15, 0.2) is 0 Å². The zero-order valence-corrected chi connectivity index (χ0v) is 6.99. The van der Waals surface area contributed by atoms with Crippen molar-refractivity contribution in [3.8, 4) is 5.75 Å². The lowest BCUT2D eigenvalue weighted by Crippen LogP contribution is -1.91. The van der Waals surface area contributed by atoms with Gasteiger partial charge in [-0.1, -0.05) is 12.1 Å². The predicted octanol–water partition coefficient (Wildman–Crippen LogP) is 1.84. The van der Waals surface area contributed by atoms with Gasteiger partial charge in [0, 0.05) is 0 Å². The van der Waals surface area contributed by atoms with Crippen LogP contribution in [0.1, 0.15) is 12.5 Å². The topological polar surface area (TPSA) is 26.3 Å². The van der Waals surface area contributed by atoms with Gasteiger partial charge in [0.1, 0.15) is 12.0 Å². The Morgan fingerprint density at radius 1 is 1.33 bits per heavy atom. The fourth-order valence-electron chi connectivity index (χ4n) is 0.920. The predicted molar refractivity (Wildman–Crippen MR) is 47.1 cm³/mol. The summed E-state index contributed by atoms with van der Waals surface area (Å²) < 4.78 is 5.24. The Labute approximate surface area is 72.2 Å². The maximum atomic E-state index is 10.1. The summed E-state index contributed by atoms with van der Waals surface area (Å²) in [5, 5.41) is 0. The highest BCUT2D eigenvalue weighted by Crippen LogP contribution is 2.12. The van der Waals surface area contributed by atoms with Gasteiger partial charge in [-0.25, -0.2) is 0 Å². The molecular formula is C10H11O2. The lowest BCUT2D eigenvalue weighted by molar-refractivity contribution is -0.104. The van der Waals surface area contributed by atoms with Crippen LogP contribution in [0.4, 0.5) is 0 Å². The molecule has 0 saturated heterocycles. The minimum absolute atomic E-state index is 0.663. The van der Waals surface area contributed by atoms with Gasteiger partial charge in [0.25, 0.3) is 0 Å². The van der Waals surface area contributed by atoms with Crippen molar-refractivity contribution in [2.24, 2.45) is 0 Å². The summed E-state index contributed by atoms with van der Waals surface area (Å²) in [5.74, 6) is 0.834. The van der Waals surface area contributed by atoms with E-state index >= 15 is 0 Å². The monoisotopic (exact) mass is 163 g/mol. The molecule has 0 aliphatic carbocycles. The Morgan fingerprint density at radius 2 is 2.00 bits per heavy atom. The third-order valence-electron chi connectivity index (χ3n) is 1.45. The van der Waals surface area contributed by atoms with Crippen LogP contribution in [0.3, 0.4) is 0 Å². The van der Waals surface area contributed by atoms with Gasteiger partial charge in [-0.05, 0) is 24.6 Å². The van der Waals surface area contributed by atoms with Gasteiger partial charge >= 0.3 is 0 Å². The molecular weight excluding hydrogens is 152 g/mol. The van der Waals surface area contributed by atoms with E-state index in [2.05, 4.69) is 0 Å². The fourth-order valence-corrected chi connectivity index (χ4v) is 0.920. The summed E-state index contributed by atoms with van der Waals surface area (Å²) in [6.45, 7) is 2.60. The Morgan fingerprint density at radius 3 is 2.50 bits per heavy atom. The van der Waals surface area contributed by atoms with Crippen molar-refractivity contribution in [2.45, 2.75) is 6.92 Å². The van der Waals surface area contributed by atoms with Crippen molar-refractivity contribution >= 4 is 6.29 Å². The molecule has 0 atom stereocenters. The first-order chi connectivity index (χ1) is 5.86. The molecule has 0 aliphatic heterocycles. The molecule has 1 aromatic carbocycles. The lowest BCUT2D eigenvalue weighted by Gasteiger charge is -2.02. The largest absolute Gasteiger partial charge is 0.494 e. The third kappa shape index (κ3) is 2.38. The first kappa shape index (κ1) is 8.78. The molecule has 0 N–H and O–H groups in total. The summed E-state index contributed by atoms with van der Waals surface area (Å²) in [6.07, 6.45) is 2.28. The van der Waals surface area contributed by atoms with E-state index in [-0.39, 0.29) is 0 Å². The van der Waals surface area contributed by atoms with Crippen molar-refractivity contribution in [1.82, 2.24) is 0 Å². The van der Waals surface area contributed by atoms with E-state index in [0.717, 1.165) is 17.6 Å². The normalized spacial score (nSPS) is 9.42. The number of ether oxygens (including phenoxy) is 1. The average Bonchev–Trinajstić information content (AvgIpc) is 2.09. The molecule has 2 nitrogen and oxygen atoms in total. The Kier molecular flexibility index (Phi) is 3.33. The summed E-state index contributed by atoms with van der Waals surface area (Å²) >= 11 is 0. The number of aldehydes is 1. The number of carbonyl (C=O) groups is 1. The quantitative estimate of drug-likeness (QED) is 0.633. The van der Waals surface area contributed by atoms with Crippen molar-refractivity contribution in [1.29, 1.82) is 0 Å². The van der Waals surface area contributed by atoms with E-state index in [1.54, 1.807) is 0 Å². The van der Waals surface area contributed by atoms with Crippen molar-refractivity contribution in [3.63, 3.8) is 0 Å². The van der Waals surface area contributed by atoms with Gasteiger partial charge < -0.3 is 9.53 Å². The third-order valence-corrected chi connectivity index (χ3v) is 1.45. The van der Waals surface area contributed by atoms with Gasteiger partial charge in [0.05, 0.1) is 13.0 Å². The van der Waals surface area contributed by atoms with Crippen LogP contribution in [0, 0.1) is 6.42 Å². The summed E-state index contributed by atoms with van der Waals surface area (Å²) in [7, 11) is 0. The molecule has 0 amide bonds. The SMILES string of the molecule is CCOc1ccc([CH]C=O)cc1. The van der Waals surface area contributed by atoms with Crippen LogP contribution in [0.15, 0.2) is 24.3 Å². The number of hydrogen-bond donors (Lipinski definition) is 0. The molecule has 0 fully saturated rings. The Hall–Kier alpha value is -1.31. The van der Waals surface area contributed by atoms with Crippen molar-refractivity contribution < 1.29 is 9.53 Å². The van der Waals surface area contributed by atoms with E-state index in [1.807, 2.05) is 31.2 Å². The summed E-state index contributed by atoms with van der Waals surface area (Å²) in [4.78, 5) is 10.1. The minimum atomic E-state index is 0.663. The molecule has 0 bridgehead atoms. The highest BCUT2D eigenvalue weighted by molar-refractivity contribution is 5.67. The van der Waals surface area contributed by atoms with Crippen LogP contribution in [-0.4, -0.2) is 12.9 Å². The Bertz CT molecular complexity index is 239. The van der Waals surface area contributed by atoms with E-state index in [0.29, 0.717) is 6.61 Å². The van der Waals surface area contributed by atoms with E-state index in [1.165, 1.54) is 6.42 Å². The zero-order valence-electron chi connectivity index (χ0n) is 6.99. The standard InChI is InChI=1S/C10H11O2/c1-2-12-10-5-3-9(4-6-10)7-8-11/h3-8H,2H2,1H3. The maximum Gasteiger partial charge on any atom is 0.128 e. The van der Waals surface area contributed by atoms with Gasteiger partial charge in [-0.15, -0.1) is 0 Å². The molecule has 0 heterocycles. The smallest absolute Gasteiger partial charge is 0.128 e. The van der Waals surface area contributed by atoms with E-state index in [9.17, 15) is 4.79 Å². The molecule has 0 spiro atoms. The maximum absolute atomic E-state index is 10.1. The van der Waals surface area contributed by atoms with Crippen LogP contribution < -0.4 is 4.74 Å². The second-order valence-electron chi connectivity index (χ2n) is 2.30. The second kappa shape index (κ2) is 4.54. The molecule has 63 valence electrons. The van der Waals surface area contributed by atoms with E-state index < -0.39 is 0 Å². The highest BCUT2D eigenvalue weighted by atomic mass is 16.5. The van der Waals surface area contributed by atoms with E-state index in [4.69, 9.17) is 4.74 Å². The van der Waals surface area contributed by atoms with Crippen LogP contribution in [-0.2, 0) is 4.79 Å². The minimum Gasteiger partial charge on any atom is -0.494 e.